The lowest BCUT2D eigenvalue weighted by Gasteiger charge is -2.34. The van der Waals surface area contributed by atoms with E-state index in [9.17, 15) is 14.0 Å². The number of benzene rings is 2. The van der Waals surface area contributed by atoms with Crippen LogP contribution in [0.3, 0.4) is 0 Å². The van der Waals surface area contributed by atoms with Crippen LogP contribution in [0.15, 0.2) is 54.7 Å². The summed E-state index contributed by atoms with van der Waals surface area (Å²) in [5, 5.41) is 3.42. The van der Waals surface area contributed by atoms with Gasteiger partial charge >= 0.3 is 0 Å². The summed E-state index contributed by atoms with van der Waals surface area (Å²) in [4.78, 5) is 32.4. The van der Waals surface area contributed by atoms with E-state index >= 15 is 0 Å². The van der Waals surface area contributed by atoms with Crippen molar-refractivity contribution in [3.05, 3.63) is 65.4 Å². The molecule has 4 rings (SSSR count). The molecule has 1 N–H and O–H groups in total. The van der Waals surface area contributed by atoms with Crippen molar-refractivity contribution >= 4 is 28.8 Å². The number of amides is 2. The highest BCUT2D eigenvalue weighted by Gasteiger charge is 2.35. The molecule has 1 aliphatic heterocycles. The van der Waals surface area contributed by atoms with E-state index in [1.54, 1.807) is 36.4 Å². The Bertz CT molecular complexity index is 1130. The molecule has 0 bridgehead atoms. The summed E-state index contributed by atoms with van der Waals surface area (Å²) >= 11 is 1.12. The van der Waals surface area contributed by atoms with Crippen LogP contribution in [0.4, 0.5) is 10.1 Å². The van der Waals surface area contributed by atoms with Crippen molar-refractivity contribution < 1.29 is 18.7 Å². The number of halogens is 1. The molecule has 1 aliphatic rings. The van der Waals surface area contributed by atoms with Crippen LogP contribution in [0.5, 0.6) is 5.75 Å². The van der Waals surface area contributed by atoms with Crippen LogP contribution >= 0.6 is 11.3 Å². The number of hydrogen-bond acceptors (Lipinski definition) is 5. The van der Waals surface area contributed by atoms with Crippen LogP contribution in [0.2, 0.25) is 0 Å². The van der Waals surface area contributed by atoms with Crippen molar-refractivity contribution in [1.82, 2.24) is 10.3 Å². The Kier molecular flexibility index (Phi) is 6.50. The Hall–Kier alpha value is -3.26. The molecule has 1 aromatic heterocycles. The Labute approximate surface area is 190 Å². The Morgan fingerprint density at radius 3 is 2.66 bits per heavy atom. The molecule has 2 amide bonds. The van der Waals surface area contributed by atoms with Crippen molar-refractivity contribution in [2.75, 3.05) is 11.4 Å². The highest BCUT2D eigenvalue weighted by molar-refractivity contribution is 7.17. The molecule has 32 heavy (non-hydrogen) atoms. The zero-order valence-corrected chi connectivity index (χ0v) is 18.7. The third-order valence-electron chi connectivity index (χ3n) is 5.46. The summed E-state index contributed by atoms with van der Waals surface area (Å²) in [6.45, 7) is 4.10. The normalized spacial score (nSPS) is 15.2. The Balaban J connectivity index is 1.61. The third-order valence-corrected chi connectivity index (χ3v) is 6.48. The van der Waals surface area contributed by atoms with Crippen molar-refractivity contribution in [3.63, 3.8) is 0 Å². The van der Waals surface area contributed by atoms with E-state index in [0.29, 0.717) is 26.9 Å². The van der Waals surface area contributed by atoms with Gasteiger partial charge < -0.3 is 10.1 Å². The second kappa shape index (κ2) is 9.48. The second-order valence-corrected chi connectivity index (χ2v) is 8.55. The molecule has 0 saturated heterocycles. The van der Waals surface area contributed by atoms with Crippen LogP contribution in [0, 0.1) is 5.82 Å². The van der Waals surface area contributed by atoms with Crippen molar-refractivity contribution in [1.29, 1.82) is 0 Å². The van der Waals surface area contributed by atoms with Gasteiger partial charge in [0.1, 0.15) is 21.5 Å². The number of nitrogens with one attached hydrogen (secondary N) is 1. The lowest BCUT2D eigenvalue weighted by Crippen LogP contribution is -2.52. The number of ether oxygens (including phenoxy) is 1. The fourth-order valence-electron chi connectivity index (χ4n) is 3.62. The predicted molar refractivity (Wildman–Crippen MR) is 123 cm³/mol. The first kappa shape index (κ1) is 22.0. The molecule has 3 aromatic rings. The molecule has 1 unspecified atom stereocenters. The fourth-order valence-corrected chi connectivity index (χ4v) is 4.51. The average Bonchev–Trinajstić information content (AvgIpc) is 3.31. The van der Waals surface area contributed by atoms with Gasteiger partial charge in [-0.25, -0.2) is 9.37 Å². The van der Waals surface area contributed by atoms with E-state index in [1.807, 2.05) is 19.9 Å². The maximum atomic E-state index is 14.2. The number of carbonyl (C=O) groups excluding carboxylic acids is 2. The molecule has 1 atom stereocenters. The summed E-state index contributed by atoms with van der Waals surface area (Å²) < 4.78 is 20.1. The molecule has 0 fully saturated rings. The highest BCUT2D eigenvalue weighted by Crippen LogP contribution is 2.36. The lowest BCUT2D eigenvalue weighted by atomic mass is 10.1. The summed E-state index contributed by atoms with van der Waals surface area (Å²) in [6, 6.07) is 13.5. The number of para-hydroxylation sites is 2. The molecular weight excluding hydrogens is 429 g/mol. The van der Waals surface area contributed by atoms with Gasteiger partial charge in [-0.05, 0) is 37.1 Å². The zero-order valence-electron chi connectivity index (χ0n) is 17.9. The molecule has 2 heterocycles. The van der Waals surface area contributed by atoms with Gasteiger partial charge in [0, 0.05) is 11.6 Å². The van der Waals surface area contributed by atoms with E-state index in [0.717, 1.165) is 24.2 Å². The first-order valence-corrected chi connectivity index (χ1v) is 11.4. The number of thiazole rings is 1. The van der Waals surface area contributed by atoms with Crippen LogP contribution in [0.1, 0.15) is 36.4 Å². The van der Waals surface area contributed by atoms with Gasteiger partial charge in [-0.15, -0.1) is 11.3 Å². The van der Waals surface area contributed by atoms with Gasteiger partial charge in [0.15, 0.2) is 6.10 Å². The van der Waals surface area contributed by atoms with E-state index in [2.05, 4.69) is 10.3 Å². The predicted octanol–water partition coefficient (Wildman–Crippen LogP) is 4.66. The first-order valence-electron chi connectivity index (χ1n) is 10.6. The van der Waals surface area contributed by atoms with Crippen LogP contribution in [-0.2, 0) is 4.79 Å². The zero-order chi connectivity index (χ0) is 22.7. The molecule has 0 spiro atoms. The van der Waals surface area contributed by atoms with Crippen molar-refractivity contribution in [2.24, 2.45) is 0 Å². The molecule has 2 aromatic carbocycles. The van der Waals surface area contributed by atoms with Gasteiger partial charge in [-0.2, -0.15) is 0 Å². The second-order valence-electron chi connectivity index (χ2n) is 7.52. The minimum absolute atomic E-state index is 0.0530. The average molecular weight is 454 g/mol. The number of nitrogens with zero attached hydrogens (tertiary/aromatic N) is 2. The van der Waals surface area contributed by atoms with E-state index < -0.39 is 11.9 Å². The summed E-state index contributed by atoms with van der Waals surface area (Å²) in [7, 11) is 0. The SMILES string of the molecule is CCC(CC)NC(=O)C1CN(C(=O)c2cnc(-c3ccccc3F)s2)c2ccccc2O1. The van der Waals surface area contributed by atoms with Crippen molar-refractivity contribution in [2.45, 2.75) is 38.8 Å². The topological polar surface area (TPSA) is 71.5 Å². The molecule has 166 valence electrons. The molecule has 0 radical (unpaired) electrons. The lowest BCUT2D eigenvalue weighted by molar-refractivity contribution is -0.128. The molecule has 0 saturated carbocycles. The molecule has 6 nitrogen and oxygen atoms in total. The number of hydrogen-bond donors (Lipinski definition) is 1. The monoisotopic (exact) mass is 453 g/mol. The fraction of sp³-hybridized carbons (Fsp3) is 0.292. The maximum absolute atomic E-state index is 14.2. The van der Waals surface area contributed by atoms with Crippen molar-refractivity contribution in [3.8, 4) is 16.3 Å². The number of anilines is 1. The minimum atomic E-state index is -0.826. The Morgan fingerprint density at radius 1 is 1.19 bits per heavy atom. The largest absolute Gasteiger partial charge is 0.477 e. The smallest absolute Gasteiger partial charge is 0.270 e. The summed E-state index contributed by atoms with van der Waals surface area (Å²) in [5.41, 5.74) is 0.936. The Morgan fingerprint density at radius 2 is 1.91 bits per heavy atom. The maximum Gasteiger partial charge on any atom is 0.270 e. The van der Waals surface area contributed by atoms with E-state index in [-0.39, 0.29) is 24.4 Å². The van der Waals surface area contributed by atoms with E-state index in [1.165, 1.54) is 17.2 Å². The quantitative estimate of drug-likeness (QED) is 0.589. The molecular formula is C24H24FN3O3S. The summed E-state index contributed by atoms with van der Waals surface area (Å²) in [5.74, 6) is -0.477. The van der Waals surface area contributed by atoms with Crippen LogP contribution < -0.4 is 15.0 Å². The van der Waals surface area contributed by atoms with Gasteiger partial charge in [0.2, 0.25) is 0 Å². The summed E-state index contributed by atoms with van der Waals surface area (Å²) in [6.07, 6.45) is 2.25. The van der Waals surface area contributed by atoms with Gasteiger partial charge in [-0.1, -0.05) is 38.1 Å². The number of aromatic nitrogens is 1. The highest BCUT2D eigenvalue weighted by atomic mass is 32.1. The first-order chi connectivity index (χ1) is 15.5. The number of carbonyl (C=O) groups is 2. The van der Waals surface area contributed by atoms with Gasteiger partial charge in [-0.3, -0.25) is 14.5 Å². The van der Waals surface area contributed by atoms with Crippen LogP contribution in [-0.4, -0.2) is 35.5 Å². The third kappa shape index (κ3) is 4.36. The standard InChI is InChI=1S/C24H24FN3O3S/c1-3-15(4-2)27-22(29)20-14-28(18-11-7-8-12-19(18)31-20)24(30)21-13-26-23(32-21)16-9-5-6-10-17(16)25/h5-13,15,20H,3-4,14H2,1-2H3,(H,27,29). The van der Waals surface area contributed by atoms with Gasteiger partial charge in [0.25, 0.3) is 11.8 Å². The molecule has 0 aliphatic carbocycles. The number of fused-ring (bicyclic) bond motifs is 1. The minimum Gasteiger partial charge on any atom is -0.477 e. The van der Waals surface area contributed by atoms with E-state index in [4.69, 9.17) is 4.74 Å². The molecule has 8 heteroatoms. The van der Waals surface area contributed by atoms with Gasteiger partial charge in [0.05, 0.1) is 18.4 Å². The van der Waals surface area contributed by atoms with Crippen LogP contribution in [0.25, 0.3) is 10.6 Å². The number of rotatable bonds is 6.